The molecular formula is C10H15N3OS. The van der Waals surface area contributed by atoms with Crippen molar-refractivity contribution >= 4 is 17.7 Å². The second kappa shape index (κ2) is 5.70. The van der Waals surface area contributed by atoms with Crippen LogP contribution in [0.25, 0.3) is 0 Å². The summed E-state index contributed by atoms with van der Waals surface area (Å²) in [5.74, 6) is 0.391. The van der Waals surface area contributed by atoms with Crippen molar-refractivity contribution in [2.45, 2.75) is 25.9 Å². The van der Waals surface area contributed by atoms with Gasteiger partial charge in [-0.15, -0.1) is 0 Å². The maximum atomic E-state index is 11.2. The predicted octanol–water partition coefficient (Wildman–Crippen LogP) is 1.32. The zero-order valence-corrected chi connectivity index (χ0v) is 10.0. The Morgan fingerprint density at radius 3 is 2.53 bits per heavy atom. The van der Waals surface area contributed by atoms with E-state index in [1.807, 2.05) is 26.8 Å². The number of hydrogen-bond donors (Lipinski definition) is 1. The van der Waals surface area contributed by atoms with Crippen molar-refractivity contribution in [1.29, 1.82) is 0 Å². The third-order valence-electron chi connectivity index (χ3n) is 1.67. The van der Waals surface area contributed by atoms with Gasteiger partial charge in [0.05, 0.1) is 5.75 Å². The van der Waals surface area contributed by atoms with Crippen LogP contribution >= 0.6 is 11.8 Å². The number of thioether (sulfide) groups is 1. The van der Waals surface area contributed by atoms with Crippen LogP contribution in [-0.4, -0.2) is 28.2 Å². The summed E-state index contributed by atoms with van der Waals surface area (Å²) >= 11 is 1.36. The molecule has 0 radical (unpaired) electrons. The first-order valence-corrected chi connectivity index (χ1v) is 5.82. The van der Waals surface area contributed by atoms with E-state index in [-0.39, 0.29) is 5.91 Å². The number of aryl methyl sites for hydroxylation is 2. The third-order valence-corrected chi connectivity index (χ3v) is 2.52. The number of carbonyl (C=O) groups is 1. The summed E-state index contributed by atoms with van der Waals surface area (Å²) in [6, 6.07) is 1.91. The van der Waals surface area contributed by atoms with Crippen molar-refractivity contribution in [3.63, 3.8) is 0 Å². The minimum absolute atomic E-state index is 0.0188. The molecule has 82 valence electrons. The molecule has 5 heteroatoms. The molecule has 1 rings (SSSR count). The SMILES string of the molecule is CCNC(=O)CSc1nc(C)cc(C)n1. The van der Waals surface area contributed by atoms with Crippen LogP contribution in [0.3, 0.4) is 0 Å². The van der Waals surface area contributed by atoms with Crippen LogP contribution < -0.4 is 5.32 Å². The fourth-order valence-corrected chi connectivity index (χ4v) is 1.92. The summed E-state index contributed by atoms with van der Waals surface area (Å²) in [7, 11) is 0. The number of amides is 1. The summed E-state index contributed by atoms with van der Waals surface area (Å²) in [6.07, 6.45) is 0. The fraction of sp³-hybridized carbons (Fsp3) is 0.500. The van der Waals surface area contributed by atoms with Crippen LogP contribution in [0.15, 0.2) is 11.2 Å². The van der Waals surface area contributed by atoms with Crippen molar-refractivity contribution in [2.75, 3.05) is 12.3 Å². The first-order chi connectivity index (χ1) is 7.11. The molecule has 15 heavy (non-hydrogen) atoms. The zero-order chi connectivity index (χ0) is 11.3. The van der Waals surface area contributed by atoms with E-state index < -0.39 is 0 Å². The smallest absolute Gasteiger partial charge is 0.230 e. The Morgan fingerprint density at radius 1 is 1.40 bits per heavy atom. The Hall–Kier alpha value is -1.10. The number of aromatic nitrogens is 2. The number of carbonyl (C=O) groups excluding carboxylic acids is 1. The number of nitrogens with zero attached hydrogens (tertiary/aromatic N) is 2. The first kappa shape index (κ1) is 12.0. The van der Waals surface area contributed by atoms with E-state index in [1.165, 1.54) is 11.8 Å². The van der Waals surface area contributed by atoms with Crippen molar-refractivity contribution < 1.29 is 4.79 Å². The third kappa shape index (κ3) is 4.29. The van der Waals surface area contributed by atoms with Gasteiger partial charge in [0, 0.05) is 17.9 Å². The average molecular weight is 225 g/mol. The maximum Gasteiger partial charge on any atom is 0.230 e. The topological polar surface area (TPSA) is 54.9 Å². The Labute approximate surface area is 93.9 Å². The van der Waals surface area contributed by atoms with Gasteiger partial charge in [0.2, 0.25) is 5.91 Å². The highest BCUT2D eigenvalue weighted by molar-refractivity contribution is 7.99. The largest absolute Gasteiger partial charge is 0.356 e. The summed E-state index contributed by atoms with van der Waals surface area (Å²) in [5.41, 5.74) is 1.86. The van der Waals surface area contributed by atoms with E-state index in [0.29, 0.717) is 17.5 Å². The van der Waals surface area contributed by atoms with Crippen LogP contribution in [0.2, 0.25) is 0 Å². The van der Waals surface area contributed by atoms with E-state index in [9.17, 15) is 4.79 Å². The lowest BCUT2D eigenvalue weighted by Crippen LogP contribution is -2.24. The minimum atomic E-state index is 0.0188. The van der Waals surface area contributed by atoms with Crippen molar-refractivity contribution in [3.8, 4) is 0 Å². The van der Waals surface area contributed by atoms with Gasteiger partial charge in [-0.05, 0) is 26.8 Å². The highest BCUT2D eigenvalue weighted by atomic mass is 32.2. The molecule has 0 aliphatic rings. The van der Waals surface area contributed by atoms with E-state index in [1.54, 1.807) is 0 Å². The van der Waals surface area contributed by atoms with Gasteiger partial charge in [-0.3, -0.25) is 4.79 Å². The molecule has 0 saturated heterocycles. The molecule has 0 aromatic carbocycles. The van der Waals surface area contributed by atoms with Crippen molar-refractivity contribution in [2.24, 2.45) is 0 Å². The second-order valence-corrected chi connectivity index (χ2v) is 4.12. The minimum Gasteiger partial charge on any atom is -0.356 e. The normalized spacial score (nSPS) is 10.1. The van der Waals surface area contributed by atoms with Crippen LogP contribution in [0, 0.1) is 13.8 Å². The van der Waals surface area contributed by atoms with Crippen molar-refractivity contribution in [1.82, 2.24) is 15.3 Å². The van der Waals surface area contributed by atoms with Gasteiger partial charge in [-0.2, -0.15) is 0 Å². The monoisotopic (exact) mass is 225 g/mol. The Kier molecular flexibility index (Phi) is 4.55. The molecule has 0 aliphatic heterocycles. The number of nitrogens with one attached hydrogen (secondary N) is 1. The summed E-state index contributed by atoms with van der Waals surface area (Å²) in [4.78, 5) is 19.7. The quantitative estimate of drug-likeness (QED) is 0.620. The molecule has 0 aliphatic carbocycles. The van der Waals surface area contributed by atoms with Gasteiger partial charge in [0.15, 0.2) is 5.16 Å². The molecule has 1 aromatic rings. The number of rotatable bonds is 4. The molecule has 0 saturated carbocycles. The van der Waals surface area contributed by atoms with E-state index in [0.717, 1.165) is 11.4 Å². The molecule has 0 atom stereocenters. The van der Waals surface area contributed by atoms with Gasteiger partial charge in [0.25, 0.3) is 0 Å². The van der Waals surface area contributed by atoms with Gasteiger partial charge >= 0.3 is 0 Å². The van der Waals surface area contributed by atoms with Crippen LogP contribution in [-0.2, 0) is 4.79 Å². The van der Waals surface area contributed by atoms with Gasteiger partial charge in [-0.25, -0.2) is 9.97 Å². The number of hydrogen-bond acceptors (Lipinski definition) is 4. The van der Waals surface area contributed by atoms with Gasteiger partial charge < -0.3 is 5.32 Å². The van der Waals surface area contributed by atoms with Crippen LogP contribution in [0.5, 0.6) is 0 Å². The molecule has 4 nitrogen and oxygen atoms in total. The summed E-state index contributed by atoms with van der Waals surface area (Å²) in [6.45, 7) is 6.40. The first-order valence-electron chi connectivity index (χ1n) is 4.83. The molecular weight excluding hydrogens is 210 g/mol. The lowest BCUT2D eigenvalue weighted by molar-refractivity contribution is -0.118. The van der Waals surface area contributed by atoms with Crippen molar-refractivity contribution in [3.05, 3.63) is 17.5 Å². The van der Waals surface area contributed by atoms with Crippen LogP contribution in [0.1, 0.15) is 18.3 Å². The van der Waals surface area contributed by atoms with Crippen LogP contribution in [0.4, 0.5) is 0 Å². The molecule has 1 heterocycles. The molecule has 0 spiro atoms. The predicted molar refractivity (Wildman–Crippen MR) is 60.9 cm³/mol. The molecule has 0 unspecified atom stereocenters. The fourth-order valence-electron chi connectivity index (χ4n) is 1.14. The standard InChI is InChI=1S/C10H15N3OS/c1-4-11-9(14)6-15-10-12-7(2)5-8(3)13-10/h5H,4,6H2,1-3H3,(H,11,14). The molecule has 1 aromatic heterocycles. The van der Waals surface area contributed by atoms with Gasteiger partial charge in [0.1, 0.15) is 0 Å². The Bertz CT molecular complexity index is 334. The van der Waals surface area contributed by atoms with Gasteiger partial charge in [-0.1, -0.05) is 11.8 Å². The van der Waals surface area contributed by atoms with E-state index in [4.69, 9.17) is 0 Å². The Balaban J connectivity index is 2.54. The second-order valence-electron chi connectivity index (χ2n) is 3.18. The lowest BCUT2D eigenvalue weighted by atomic mass is 10.4. The highest BCUT2D eigenvalue weighted by Crippen LogP contribution is 2.13. The molecule has 1 N–H and O–H groups in total. The van der Waals surface area contributed by atoms with E-state index >= 15 is 0 Å². The highest BCUT2D eigenvalue weighted by Gasteiger charge is 2.04. The average Bonchev–Trinajstić information content (AvgIpc) is 2.14. The van der Waals surface area contributed by atoms with E-state index in [2.05, 4.69) is 15.3 Å². The lowest BCUT2D eigenvalue weighted by Gasteiger charge is -2.03. The Morgan fingerprint density at radius 2 is 2.00 bits per heavy atom. The summed E-state index contributed by atoms with van der Waals surface area (Å²) < 4.78 is 0. The zero-order valence-electron chi connectivity index (χ0n) is 9.20. The summed E-state index contributed by atoms with van der Waals surface area (Å²) in [5, 5.41) is 3.40. The molecule has 0 bridgehead atoms. The molecule has 0 fully saturated rings. The maximum absolute atomic E-state index is 11.2. The molecule has 1 amide bonds.